The second kappa shape index (κ2) is 21.7. The van der Waals surface area contributed by atoms with E-state index >= 15 is 0 Å². The molecule has 0 amide bonds. The predicted octanol–water partition coefficient (Wildman–Crippen LogP) is 23.2. The zero-order valence-corrected chi connectivity index (χ0v) is 56.8. The lowest BCUT2D eigenvalue weighted by Crippen LogP contribution is -2.61. The van der Waals surface area contributed by atoms with Gasteiger partial charge in [0, 0.05) is 88.3 Å². The molecule has 2 aliphatic rings. The summed E-state index contributed by atoms with van der Waals surface area (Å²) in [4.78, 5) is 5.23. The number of fused-ring (bicyclic) bond motifs is 17. The van der Waals surface area contributed by atoms with Crippen molar-refractivity contribution in [2.45, 2.75) is 52.4 Å². The lowest BCUT2D eigenvalue weighted by Gasteiger charge is -2.45. The highest BCUT2D eigenvalue weighted by Crippen LogP contribution is 2.53. The maximum absolute atomic E-state index is 10.3. The van der Waals surface area contributed by atoms with Gasteiger partial charge in [-0.1, -0.05) is 205 Å². The van der Waals surface area contributed by atoms with Crippen molar-refractivity contribution in [3.8, 4) is 50.8 Å². The standard InChI is InChI=1S/C93H66BN5O2/c1-92(2,3)61-35-42-78(69(51-61)57-21-9-7-10-22-57)98-81-53-63(96-75-29-17-13-25-65(75)66-26-14-18-30-76(66)96)37-39-73(81)94-74-40-38-64(97-77-31-19-15-27-67(77)71-47-56(55-95)33-41-80(71)97)54-82(74)99(79-43-36-62(93(4,5)6)52-70(79)58-23-11-8-12-24-58)84-50-60(49-83(98)91(84)94)59-34-44-86-72(48-59)90-88(101-86)46-45-87-89(90)68-28-16-20-32-85(68)100-87/h7-54H,1-6H3. The number of aromatic nitrogens is 2. The van der Waals surface area contributed by atoms with Crippen molar-refractivity contribution >= 4 is 145 Å². The molecule has 0 fully saturated rings. The molecule has 6 heterocycles. The van der Waals surface area contributed by atoms with Crippen LogP contribution in [-0.2, 0) is 10.8 Å². The molecule has 0 aliphatic carbocycles. The van der Waals surface area contributed by atoms with Crippen LogP contribution in [0, 0.1) is 11.3 Å². The van der Waals surface area contributed by atoms with Gasteiger partial charge in [0.05, 0.1) is 45.1 Å². The van der Waals surface area contributed by atoms with Gasteiger partial charge in [-0.15, -0.1) is 0 Å². The molecular weight excluding hydrogens is 1230 g/mol. The summed E-state index contributed by atoms with van der Waals surface area (Å²) in [5.41, 5.74) is 29.2. The lowest BCUT2D eigenvalue weighted by molar-refractivity contribution is 0.590. The van der Waals surface area contributed by atoms with Crippen LogP contribution in [0.5, 0.6) is 0 Å². The Morgan fingerprint density at radius 1 is 0.317 bits per heavy atom. The van der Waals surface area contributed by atoms with Gasteiger partial charge < -0.3 is 27.8 Å². The second-order valence-corrected chi connectivity index (χ2v) is 29.5. The van der Waals surface area contributed by atoms with Crippen LogP contribution in [0.3, 0.4) is 0 Å². The van der Waals surface area contributed by atoms with Gasteiger partial charge in [0.2, 0.25) is 0 Å². The summed E-state index contributed by atoms with van der Waals surface area (Å²) >= 11 is 0. The van der Waals surface area contributed by atoms with Crippen LogP contribution < -0.4 is 26.2 Å². The predicted molar refractivity (Wildman–Crippen MR) is 422 cm³/mol. The number of hydrogen-bond acceptors (Lipinski definition) is 5. The number of nitriles is 1. The van der Waals surface area contributed by atoms with E-state index in [4.69, 9.17) is 8.83 Å². The molecule has 2 aliphatic heterocycles. The summed E-state index contributed by atoms with van der Waals surface area (Å²) < 4.78 is 18.3. The third kappa shape index (κ3) is 8.86. The van der Waals surface area contributed by atoms with E-state index in [1.54, 1.807) is 0 Å². The first-order valence-corrected chi connectivity index (χ1v) is 35.0. The van der Waals surface area contributed by atoms with E-state index in [1.165, 1.54) is 38.3 Å². The summed E-state index contributed by atoms with van der Waals surface area (Å²) in [5, 5.41) is 19.0. The van der Waals surface area contributed by atoms with E-state index in [0.29, 0.717) is 5.56 Å². The Kier molecular flexibility index (Phi) is 12.6. The Bertz CT molecular complexity index is 6530. The maximum atomic E-state index is 10.3. The molecule has 0 radical (unpaired) electrons. The summed E-state index contributed by atoms with van der Waals surface area (Å²) in [6.07, 6.45) is 0. The highest BCUT2D eigenvalue weighted by atomic mass is 16.3. The topological polar surface area (TPSA) is 66.4 Å². The lowest BCUT2D eigenvalue weighted by atomic mass is 9.33. The zero-order valence-electron chi connectivity index (χ0n) is 56.8. The van der Waals surface area contributed by atoms with Gasteiger partial charge in [-0.05, 0) is 188 Å². The van der Waals surface area contributed by atoms with Crippen molar-refractivity contribution in [1.82, 2.24) is 9.13 Å². The Hall–Kier alpha value is -12.6. The largest absolute Gasteiger partial charge is 0.456 e. The Morgan fingerprint density at radius 3 is 1.28 bits per heavy atom. The van der Waals surface area contributed by atoms with Gasteiger partial charge in [-0.2, -0.15) is 5.26 Å². The van der Waals surface area contributed by atoms with Gasteiger partial charge in [0.25, 0.3) is 6.71 Å². The average Bonchev–Trinajstić information content (AvgIpc) is 1.41. The van der Waals surface area contributed by atoms with Crippen LogP contribution in [0.1, 0.15) is 58.2 Å². The molecule has 18 aromatic rings. The summed E-state index contributed by atoms with van der Waals surface area (Å²) in [7, 11) is 0. The van der Waals surface area contributed by atoms with Crippen molar-refractivity contribution in [2.24, 2.45) is 0 Å². The number of furan rings is 2. The van der Waals surface area contributed by atoms with Crippen molar-refractivity contribution in [2.75, 3.05) is 9.80 Å². The second-order valence-electron chi connectivity index (χ2n) is 29.5. The number of para-hydroxylation sites is 4. The smallest absolute Gasteiger partial charge is 0.252 e. The average molecular weight is 1300 g/mol. The molecule has 8 heteroatoms. The highest BCUT2D eigenvalue weighted by Gasteiger charge is 2.45. The van der Waals surface area contributed by atoms with E-state index in [9.17, 15) is 5.26 Å². The summed E-state index contributed by atoms with van der Waals surface area (Å²) in [6, 6.07) is 110. The molecule has 101 heavy (non-hydrogen) atoms. The molecule has 7 nitrogen and oxygen atoms in total. The zero-order chi connectivity index (χ0) is 67.7. The van der Waals surface area contributed by atoms with E-state index in [-0.39, 0.29) is 17.5 Å². The van der Waals surface area contributed by atoms with Crippen LogP contribution in [0.4, 0.5) is 34.1 Å². The first-order valence-electron chi connectivity index (χ1n) is 35.0. The highest BCUT2D eigenvalue weighted by molar-refractivity contribution is 7.00. The molecule has 4 aromatic heterocycles. The number of hydrogen-bond donors (Lipinski definition) is 0. The van der Waals surface area contributed by atoms with Crippen molar-refractivity contribution in [1.29, 1.82) is 5.26 Å². The SMILES string of the molecule is CC(C)(C)c1ccc(N2c3cc(-n4c5ccccc5c5ccccc54)ccc3B3c4ccc(-n5c6ccccc6c6cc(C#N)ccc65)cc4N(c4ccc(C(C)(C)C)cc4-c4ccccc4)c4cc(-c5ccc6oc7ccc8oc9ccccc9c8c7c6c5)cc2c43)c(-c2ccccc2)c1. The quantitative estimate of drug-likeness (QED) is 0.149. The number of nitrogens with zero attached hydrogens (tertiary/aromatic N) is 5. The molecule has 14 aromatic carbocycles. The molecule has 0 bridgehead atoms. The van der Waals surface area contributed by atoms with Gasteiger partial charge >= 0.3 is 0 Å². The van der Waals surface area contributed by atoms with Crippen LogP contribution in [-0.4, -0.2) is 15.8 Å². The van der Waals surface area contributed by atoms with Gasteiger partial charge in [-0.25, -0.2) is 0 Å². The molecule has 0 saturated carbocycles. The first-order chi connectivity index (χ1) is 49.3. The fraction of sp³-hybridized carbons (Fsp3) is 0.0860. The van der Waals surface area contributed by atoms with E-state index in [2.05, 4.69) is 333 Å². The number of rotatable bonds is 7. The third-order valence-electron chi connectivity index (χ3n) is 21.6. The molecule has 0 N–H and O–H groups in total. The van der Waals surface area contributed by atoms with Crippen LogP contribution in [0.2, 0.25) is 0 Å². The van der Waals surface area contributed by atoms with Crippen LogP contribution in [0.15, 0.2) is 300 Å². The summed E-state index contributed by atoms with van der Waals surface area (Å²) in [6.45, 7) is 13.6. The molecule has 0 atom stereocenters. The van der Waals surface area contributed by atoms with Crippen molar-refractivity contribution in [3.63, 3.8) is 0 Å². The minimum Gasteiger partial charge on any atom is -0.456 e. The molecule has 0 spiro atoms. The monoisotopic (exact) mass is 1300 g/mol. The normalized spacial score (nSPS) is 13.0. The Balaban J connectivity index is 0.948. The fourth-order valence-electron chi connectivity index (χ4n) is 16.8. The minimum absolute atomic E-state index is 0.152. The Labute approximate surface area is 585 Å². The number of anilines is 6. The maximum Gasteiger partial charge on any atom is 0.252 e. The summed E-state index contributed by atoms with van der Waals surface area (Å²) in [5.74, 6) is 0. The van der Waals surface area contributed by atoms with Crippen molar-refractivity contribution in [3.05, 3.63) is 308 Å². The third-order valence-corrected chi connectivity index (χ3v) is 21.6. The molecule has 478 valence electrons. The minimum atomic E-state index is -0.268. The Morgan fingerprint density at radius 2 is 0.762 bits per heavy atom. The van der Waals surface area contributed by atoms with Crippen LogP contribution >= 0.6 is 0 Å². The first kappa shape index (κ1) is 58.6. The van der Waals surface area contributed by atoms with Gasteiger partial charge in [-0.3, -0.25) is 0 Å². The van der Waals surface area contributed by atoms with E-state index in [0.717, 1.165) is 156 Å². The van der Waals surface area contributed by atoms with Gasteiger partial charge in [0.1, 0.15) is 22.3 Å². The van der Waals surface area contributed by atoms with Gasteiger partial charge in [0.15, 0.2) is 0 Å². The molecule has 0 unspecified atom stereocenters. The van der Waals surface area contributed by atoms with Crippen LogP contribution in [0.25, 0.3) is 132 Å². The van der Waals surface area contributed by atoms with Crippen molar-refractivity contribution < 1.29 is 8.83 Å². The molecule has 20 rings (SSSR count). The van der Waals surface area contributed by atoms with E-state index < -0.39 is 0 Å². The molecule has 0 saturated heterocycles. The number of benzene rings is 14. The van der Waals surface area contributed by atoms with E-state index in [1.807, 2.05) is 24.3 Å². The molecular formula is C93H66BN5O2. The fourth-order valence-corrected chi connectivity index (χ4v) is 16.8.